The lowest BCUT2D eigenvalue weighted by Gasteiger charge is -2.17. The fourth-order valence-electron chi connectivity index (χ4n) is 2.53. The molecule has 0 bridgehead atoms. The second kappa shape index (κ2) is 5.23. The van der Waals surface area contributed by atoms with Crippen molar-refractivity contribution in [1.29, 1.82) is 0 Å². The van der Waals surface area contributed by atoms with Crippen molar-refractivity contribution < 1.29 is 40.3 Å². The van der Waals surface area contributed by atoms with Crippen LogP contribution in [-0.2, 0) is 27.5 Å². The van der Waals surface area contributed by atoms with Crippen LogP contribution < -0.4 is 0 Å². The van der Waals surface area contributed by atoms with E-state index in [2.05, 4.69) is 0 Å². The van der Waals surface area contributed by atoms with E-state index in [1.807, 2.05) is 0 Å². The SMILES string of the molecule is CC(=O)Cc1ccc(S(=O)(=O)C(F)(F)F)c2c1CC(F)(F)[C@H]2O. The predicted molar refractivity (Wildman–Crippen MR) is 67.7 cm³/mol. The van der Waals surface area contributed by atoms with E-state index in [4.69, 9.17) is 0 Å². The molecular weight excluding hydrogens is 347 g/mol. The van der Waals surface area contributed by atoms with Gasteiger partial charge in [-0.05, 0) is 24.1 Å². The molecule has 0 fully saturated rings. The maximum atomic E-state index is 13.7. The van der Waals surface area contributed by atoms with E-state index in [9.17, 15) is 40.3 Å². The minimum atomic E-state index is -5.91. The number of benzene rings is 1. The number of fused-ring (bicyclic) bond motifs is 1. The number of alkyl halides is 5. The topological polar surface area (TPSA) is 71.4 Å². The molecule has 0 saturated heterocycles. The zero-order valence-corrected chi connectivity index (χ0v) is 12.4. The maximum Gasteiger partial charge on any atom is 0.501 e. The summed E-state index contributed by atoms with van der Waals surface area (Å²) in [6.45, 7) is 1.15. The average Bonchev–Trinajstić information content (AvgIpc) is 2.60. The molecule has 0 aliphatic heterocycles. The number of Topliss-reactive ketones (excluding diaryl/α,β-unsaturated/α-hetero) is 1. The predicted octanol–water partition coefficient (Wildman–Crippen LogP) is 2.34. The van der Waals surface area contributed by atoms with Gasteiger partial charge in [0.05, 0.1) is 4.90 Å². The molecule has 4 nitrogen and oxygen atoms in total. The Hall–Kier alpha value is -1.55. The molecule has 0 heterocycles. The highest BCUT2D eigenvalue weighted by Crippen LogP contribution is 2.48. The van der Waals surface area contributed by atoms with E-state index < -0.39 is 55.6 Å². The number of sulfone groups is 1. The van der Waals surface area contributed by atoms with Gasteiger partial charge < -0.3 is 5.11 Å². The highest BCUT2D eigenvalue weighted by molar-refractivity contribution is 7.92. The van der Waals surface area contributed by atoms with E-state index in [-0.39, 0.29) is 12.0 Å². The molecule has 0 spiro atoms. The Bertz CT molecular complexity index is 767. The molecular formula is C13H11F5O4S. The second-order valence-electron chi connectivity index (χ2n) is 5.28. The van der Waals surface area contributed by atoms with Gasteiger partial charge in [-0.3, -0.25) is 4.79 Å². The van der Waals surface area contributed by atoms with Crippen LogP contribution in [0.1, 0.15) is 29.7 Å². The Morgan fingerprint density at radius 3 is 2.39 bits per heavy atom. The van der Waals surface area contributed by atoms with Crippen molar-refractivity contribution >= 4 is 15.6 Å². The van der Waals surface area contributed by atoms with Crippen LogP contribution in [0, 0.1) is 0 Å². The summed E-state index contributed by atoms with van der Waals surface area (Å²) >= 11 is 0. The zero-order valence-electron chi connectivity index (χ0n) is 11.6. The minimum absolute atomic E-state index is 0.0233. The van der Waals surface area contributed by atoms with E-state index in [0.29, 0.717) is 6.07 Å². The number of carbonyl (C=O) groups is 1. The van der Waals surface area contributed by atoms with Crippen LogP contribution in [0.15, 0.2) is 17.0 Å². The van der Waals surface area contributed by atoms with E-state index >= 15 is 0 Å². The molecule has 1 aromatic carbocycles. The first-order chi connectivity index (χ1) is 10.3. The number of ketones is 1. The maximum absolute atomic E-state index is 13.7. The summed E-state index contributed by atoms with van der Waals surface area (Å²) in [6, 6.07) is 1.40. The number of rotatable bonds is 3. The first-order valence-corrected chi connectivity index (χ1v) is 7.78. The molecule has 0 saturated carbocycles. The quantitative estimate of drug-likeness (QED) is 0.842. The fourth-order valence-corrected chi connectivity index (χ4v) is 3.55. The van der Waals surface area contributed by atoms with Gasteiger partial charge in [-0.15, -0.1) is 0 Å². The van der Waals surface area contributed by atoms with Crippen LogP contribution in [0.2, 0.25) is 0 Å². The third kappa shape index (κ3) is 2.85. The Labute approximate surface area is 127 Å². The lowest BCUT2D eigenvalue weighted by atomic mass is 9.99. The van der Waals surface area contributed by atoms with Gasteiger partial charge in [-0.1, -0.05) is 6.07 Å². The molecule has 1 aromatic rings. The Balaban J connectivity index is 2.76. The molecule has 0 unspecified atom stereocenters. The number of hydrogen-bond acceptors (Lipinski definition) is 4. The van der Waals surface area contributed by atoms with Crippen molar-refractivity contribution in [2.24, 2.45) is 0 Å². The molecule has 1 atom stereocenters. The van der Waals surface area contributed by atoms with E-state index in [0.717, 1.165) is 13.0 Å². The summed E-state index contributed by atoms with van der Waals surface area (Å²) in [5, 5.41) is 9.61. The number of halogens is 5. The van der Waals surface area contributed by atoms with Gasteiger partial charge in [0.1, 0.15) is 11.9 Å². The van der Waals surface area contributed by atoms with Crippen LogP contribution in [0.4, 0.5) is 22.0 Å². The molecule has 1 aliphatic rings. The highest BCUT2D eigenvalue weighted by Gasteiger charge is 2.54. The first kappa shape index (κ1) is 17.8. The van der Waals surface area contributed by atoms with Gasteiger partial charge in [0.2, 0.25) is 0 Å². The van der Waals surface area contributed by atoms with Crippen molar-refractivity contribution in [3.8, 4) is 0 Å². The molecule has 128 valence electrons. The van der Waals surface area contributed by atoms with E-state index in [1.165, 1.54) is 0 Å². The molecule has 0 aromatic heterocycles. The van der Waals surface area contributed by atoms with Crippen molar-refractivity contribution in [2.45, 2.75) is 42.2 Å². The third-order valence-electron chi connectivity index (χ3n) is 3.53. The van der Waals surface area contributed by atoms with Crippen LogP contribution in [0.3, 0.4) is 0 Å². The first-order valence-electron chi connectivity index (χ1n) is 6.30. The number of hydrogen-bond donors (Lipinski definition) is 1. The minimum Gasteiger partial charge on any atom is -0.382 e. The summed E-state index contributed by atoms with van der Waals surface area (Å²) in [4.78, 5) is 9.74. The standard InChI is InChI=1S/C13H11F5O4S/c1-6(19)4-7-2-3-9(23(21,22)13(16,17)18)10-8(7)5-12(14,15)11(10)20/h2-3,11,20H,4-5H2,1H3/t11-/m0/s1. The molecule has 0 radical (unpaired) electrons. The summed E-state index contributed by atoms with van der Waals surface area (Å²) in [5.41, 5.74) is -7.13. The van der Waals surface area contributed by atoms with Crippen molar-refractivity contribution in [3.63, 3.8) is 0 Å². The van der Waals surface area contributed by atoms with Crippen molar-refractivity contribution in [1.82, 2.24) is 0 Å². The molecule has 23 heavy (non-hydrogen) atoms. The Kier molecular flexibility index (Phi) is 4.05. The monoisotopic (exact) mass is 358 g/mol. The lowest BCUT2D eigenvalue weighted by Crippen LogP contribution is -2.26. The smallest absolute Gasteiger partial charge is 0.382 e. The number of aliphatic hydroxyl groups is 1. The van der Waals surface area contributed by atoms with Gasteiger partial charge in [0.15, 0.2) is 0 Å². The molecule has 10 heteroatoms. The van der Waals surface area contributed by atoms with Crippen LogP contribution in [0.25, 0.3) is 0 Å². The average molecular weight is 358 g/mol. The van der Waals surface area contributed by atoms with Crippen LogP contribution >= 0.6 is 0 Å². The molecule has 2 rings (SSSR count). The van der Waals surface area contributed by atoms with Gasteiger partial charge in [-0.2, -0.15) is 13.2 Å². The second-order valence-corrected chi connectivity index (χ2v) is 7.19. The van der Waals surface area contributed by atoms with Gasteiger partial charge >= 0.3 is 5.51 Å². The molecule has 1 N–H and O–H groups in total. The van der Waals surface area contributed by atoms with Gasteiger partial charge in [0.25, 0.3) is 15.8 Å². The third-order valence-corrected chi connectivity index (χ3v) is 5.08. The molecule has 0 amide bonds. The summed E-state index contributed by atoms with van der Waals surface area (Å²) in [7, 11) is -5.91. The summed E-state index contributed by atoms with van der Waals surface area (Å²) in [6.07, 6.45) is -4.17. The van der Waals surface area contributed by atoms with Gasteiger partial charge in [0, 0.05) is 18.4 Å². The van der Waals surface area contributed by atoms with E-state index in [1.54, 1.807) is 0 Å². The normalized spacial score (nSPS) is 20.4. The Morgan fingerprint density at radius 1 is 1.35 bits per heavy atom. The van der Waals surface area contributed by atoms with Crippen LogP contribution in [0.5, 0.6) is 0 Å². The molecule has 1 aliphatic carbocycles. The Morgan fingerprint density at radius 2 is 1.91 bits per heavy atom. The fraction of sp³-hybridized carbons (Fsp3) is 0.462. The highest BCUT2D eigenvalue weighted by atomic mass is 32.2. The summed E-state index contributed by atoms with van der Waals surface area (Å²) < 4.78 is 88.6. The summed E-state index contributed by atoms with van der Waals surface area (Å²) in [5.74, 6) is -4.26. The lowest BCUT2D eigenvalue weighted by molar-refractivity contribution is -0.116. The van der Waals surface area contributed by atoms with Crippen molar-refractivity contribution in [3.05, 3.63) is 28.8 Å². The van der Waals surface area contributed by atoms with Crippen LogP contribution in [-0.4, -0.2) is 30.7 Å². The van der Waals surface area contributed by atoms with Gasteiger partial charge in [-0.25, -0.2) is 17.2 Å². The number of aliphatic hydroxyl groups excluding tert-OH is 1. The number of carbonyl (C=O) groups excluding carboxylic acids is 1. The van der Waals surface area contributed by atoms with Crippen molar-refractivity contribution in [2.75, 3.05) is 0 Å². The largest absolute Gasteiger partial charge is 0.501 e. The zero-order chi connectivity index (χ0) is 17.8.